The van der Waals surface area contributed by atoms with Crippen LogP contribution in [0.15, 0.2) is 48.8 Å². The van der Waals surface area contributed by atoms with Gasteiger partial charge in [-0.15, -0.1) is 0 Å². The smallest absolute Gasteiger partial charge is 0.335 e. The Morgan fingerprint density at radius 3 is 2.70 bits per heavy atom. The third-order valence-corrected chi connectivity index (χ3v) is 7.20. The van der Waals surface area contributed by atoms with Gasteiger partial charge in [0.15, 0.2) is 0 Å². The standard InChI is InChI=1S/C23H18IN3O3/c24-16-3-6-19-20(8-16)27(18-11-25-26(12-18)17-4-5-17)22(30)23(19)9-14-2-1-13(21(28)29)7-15(14)10-23/h1-3,6-8,11-12,17H,4-5,9-10H2,(H,28,29). The van der Waals surface area contributed by atoms with Crippen LogP contribution in [0.2, 0.25) is 0 Å². The number of hydrogen-bond donors (Lipinski definition) is 1. The van der Waals surface area contributed by atoms with Gasteiger partial charge in [-0.05, 0) is 89.2 Å². The summed E-state index contributed by atoms with van der Waals surface area (Å²) in [6.45, 7) is 0. The van der Waals surface area contributed by atoms with Crippen LogP contribution in [-0.4, -0.2) is 26.8 Å². The first kappa shape index (κ1) is 18.1. The lowest BCUT2D eigenvalue weighted by molar-refractivity contribution is -0.122. The molecule has 1 aliphatic heterocycles. The van der Waals surface area contributed by atoms with Crippen molar-refractivity contribution in [2.75, 3.05) is 4.90 Å². The Kier molecular flexibility index (Phi) is 3.72. The van der Waals surface area contributed by atoms with E-state index in [1.807, 2.05) is 27.9 Å². The van der Waals surface area contributed by atoms with Crippen molar-refractivity contribution in [1.29, 1.82) is 0 Å². The second-order valence-corrected chi connectivity index (χ2v) is 9.68. The van der Waals surface area contributed by atoms with Crippen LogP contribution >= 0.6 is 22.6 Å². The molecule has 30 heavy (non-hydrogen) atoms. The van der Waals surface area contributed by atoms with E-state index in [9.17, 15) is 14.7 Å². The van der Waals surface area contributed by atoms with Gasteiger partial charge in [0.25, 0.3) is 0 Å². The highest BCUT2D eigenvalue weighted by Gasteiger charge is 2.54. The number of carbonyl (C=O) groups excluding carboxylic acids is 1. The molecule has 1 amide bonds. The van der Waals surface area contributed by atoms with Crippen LogP contribution in [0.3, 0.4) is 0 Å². The lowest BCUT2D eigenvalue weighted by atomic mass is 9.79. The Morgan fingerprint density at radius 2 is 1.93 bits per heavy atom. The molecule has 6 rings (SSSR count). The van der Waals surface area contributed by atoms with Crippen LogP contribution in [0.4, 0.5) is 11.4 Å². The summed E-state index contributed by atoms with van der Waals surface area (Å²) in [6.07, 6.45) is 7.13. The van der Waals surface area contributed by atoms with E-state index in [-0.39, 0.29) is 11.5 Å². The lowest BCUT2D eigenvalue weighted by Crippen LogP contribution is -2.39. The zero-order valence-electron chi connectivity index (χ0n) is 16.0. The second kappa shape index (κ2) is 6.16. The predicted octanol–water partition coefficient (Wildman–Crippen LogP) is 4.24. The van der Waals surface area contributed by atoms with E-state index < -0.39 is 11.4 Å². The van der Waals surface area contributed by atoms with Crippen molar-refractivity contribution in [3.8, 4) is 0 Å². The zero-order chi connectivity index (χ0) is 20.6. The third-order valence-electron chi connectivity index (χ3n) is 6.53. The van der Waals surface area contributed by atoms with Gasteiger partial charge < -0.3 is 5.11 Å². The summed E-state index contributed by atoms with van der Waals surface area (Å²) in [5.74, 6) is -0.900. The van der Waals surface area contributed by atoms with Crippen LogP contribution in [0.5, 0.6) is 0 Å². The number of aromatic nitrogens is 2. The van der Waals surface area contributed by atoms with Crippen LogP contribution < -0.4 is 4.90 Å². The molecular weight excluding hydrogens is 493 g/mol. The Balaban J connectivity index is 1.47. The highest BCUT2D eigenvalue weighted by molar-refractivity contribution is 14.1. The van der Waals surface area contributed by atoms with Crippen molar-refractivity contribution >= 4 is 45.8 Å². The maximum atomic E-state index is 14.0. The van der Waals surface area contributed by atoms with Crippen LogP contribution in [-0.2, 0) is 23.1 Å². The Hall–Kier alpha value is -2.68. The van der Waals surface area contributed by atoms with Gasteiger partial charge in [0.2, 0.25) is 5.91 Å². The molecule has 150 valence electrons. The topological polar surface area (TPSA) is 75.4 Å². The number of amides is 1. The van der Waals surface area contributed by atoms with E-state index in [4.69, 9.17) is 0 Å². The van der Waals surface area contributed by atoms with Gasteiger partial charge in [-0.25, -0.2) is 4.79 Å². The molecule has 1 fully saturated rings. The molecule has 7 heteroatoms. The number of carboxylic acid groups (broad SMARTS) is 1. The summed E-state index contributed by atoms with van der Waals surface area (Å²) in [7, 11) is 0. The Morgan fingerprint density at radius 1 is 1.13 bits per heavy atom. The van der Waals surface area contributed by atoms with E-state index in [1.54, 1.807) is 18.3 Å². The fourth-order valence-electron chi connectivity index (χ4n) is 4.92. The molecule has 1 atom stereocenters. The molecule has 3 aliphatic rings. The summed E-state index contributed by atoms with van der Waals surface area (Å²) >= 11 is 2.27. The van der Waals surface area contributed by atoms with Gasteiger partial charge in [0.1, 0.15) is 0 Å². The predicted molar refractivity (Wildman–Crippen MR) is 119 cm³/mol. The van der Waals surface area contributed by atoms with Crippen molar-refractivity contribution in [3.63, 3.8) is 0 Å². The van der Waals surface area contributed by atoms with Gasteiger partial charge in [-0.2, -0.15) is 5.10 Å². The fraction of sp³-hybridized carbons (Fsp3) is 0.261. The first-order chi connectivity index (χ1) is 14.5. The van der Waals surface area contributed by atoms with Crippen LogP contribution in [0.25, 0.3) is 0 Å². The lowest BCUT2D eigenvalue weighted by Gasteiger charge is -2.23. The SMILES string of the molecule is O=C(O)c1ccc2c(c1)CC1(C2)C(=O)N(c2cnn(C3CC3)c2)c2cc(I)ccc21. The Labute approximate surface area is 186 Å². The third kappa shape index (κ3) is 2.50. The molecule has 1 saturated carbocycles. The normalized spacial score (nSPS) is 21.9. The number of aromatic carboxylic acids is 1. The van der Waals surface area contributed by atoms with E-state index in [0.29, 0.717) is 18.9 Å². The monoisotopic (exact) mass is 511 g/mol. The molecule has 0 radical (unpaired) electrons. The average Bonchev–Trinajstić information content (AvgIpc) is 3.25. The van der Waals surface area contributed by atoms with Crippen molar-refractivity contribution in [1.82, 2.24) is 9.78 Å². The maximum absolute atomic E-state index is 14.0. The minimum atomic E-state index is -0.944. The molecule has 2 aliphatic carbocycles. The number of carboxylic acids is 1. The maximum Gasteiger partial charge on any atom is 0.335 e. The zero-order valence-corrected chi connectivity index (χ0v) is 18.2. The van der Waals surface area contributed by atoms with Crippen molar-refractivity contribution in [2.45, 2.75) is 37.1 Å². The first-order valence-electron chi connectivity index (χ1n) is 10.0. The van der Waals surface area contributed by atoms with E-state index in [0.717, 1.165) is 44.5 Å². The molecule has 3 aromatic rings. The van der Waals surface area contributed by atoms with Gasteiger partial charge in [-0.1, -0.05) is 12.1 Å². The van der Waals surface area contributed by atoms with E-state index in [2.05, 4.69) is 39.8 Å². The second-order valence-electron chi connectivity index (χ2n) is 8.44. The van der Waals surface area contributed by atoms with Crippen molar-refractivity contribution < 1.29 is 14.7 Å². The molecule has 2 heterocycles. The molecule has 0 bridgehead atoms. The van der Waals surface area contributed by atoms with E-state index >= 15 is 0 Å². The summed E-state index contributed by atoms with van der Waals surface area (Å²) in [5, 5.41) is 13.9. The molecular formula is C23H18IN3O3. The largest absolute Gasteiger partial charge is 0.478 e. The summed E-state index contributed by atoms with van der Waals surface area (Å²) in [6, 6.07) is 11.8. The molecule has 0 saturated heterocycles. The molecule has 1 unspecified atom stereocenters. The summed E-state index contributed by atoms with van der Waals surface area (Å²) in [5.41, 5.74) is 4.29. The molecule has 1 spiro atoms. The highest BCUT2D eigenvalue weighted by atomic mass is 127. The van der Waals surface area contributed by atoms with Crippen LogP contribution in [0.1, 0.15) is 45.9 Å². The Bertz CT molecular complexity index is 1250. The number of carbonyl (C=O) groups is 2. The minimum absolute atomic E-state index is 0.0444. The van der Waals surface area contributed by atoms with Gasteiger partial charge in [-0.3, -0.25) is 14.4 Å². The number of hydrogen-bond acceptors (Lipinski definition) is 3. The van der Waals surface area contributed by atoms with Crippen LogP contribution in [0, 0.1) is 3.57 Å². The molecule has 1 N–H and O–H groups in total. The number of halogens is 1. The minimum Gasteiger partial charge on any atom is -0.478 e. The van der Waals surface area contributed by atoms with E-state index in [1.165, 1.54) is 0 Å². The van der Waals surface area contributed by atoms with Gasteiger partial charge >= 0.3 is 5.97 Å². The number of benzene rings is 2. The molecule has 2 aromatic carbocycles. The fourth-order valence-corrected chi connectivity index (χ4v) is 5.40. The first-order valence-corrected chi connectivity index (χ1v) is 11.1. The summed E-state index contributed by atoms with van der Waals surface area (Å²) in [4.78, 5) is 27.2. The van der Waals surface area contributed by atoms with Gasteiger partial charge in [0.05, 0.1) is 34.6 Å². The number of rotatable bonds is 3. The number of anilines is 2. The quantitative estimate of drug-likeness (QED) is 0.535. The van der Waals surface area contributed by atoms with Gasteiger partial charge in [0, 0.05) is 9.77 Å². The summed E-state index contributed by atoms with van der Waals surface area (Å²) < 4.78 is 3.03. The highest BCUT2D eigenvalue weighted by Crippen LogP contribution is 2.52. The number of fused-ring (bicyclic) bond motifs is 3. The van der Waals surface area contributed by atoms with Crippen molar-refractivity contribution in [3.05, 3.63) is 74.6 Å². The molecule has 1 aromatic heterocycles. The average molecular weight is 511 g/mol. The number of nitrogens with zero attached hydrogens (tertiary/aromatic N) is 3. The molecule has 6 nitrogen and oxygen atoms in total. The van der Waals surface area contributed by atoms with Crippen molar-refractivity contribution in [2.24, 2.45) is 0 Å².